The summed E-state index contributed by atoms with van der Waals surface area (Å²) in [5, 5.41) is 8.96. The molecule has 0 N–H and O–H groups in total. The summed E-state index contributed by atoms with van der Waals surface area (Å²) in [4.78, 5) is 29.1. The van der Waals surface area contributed by atoms with Crippen LogP contribution in [0, 0.1) is 5.82 Å². The maximum absolute atomic E-state index is 13.1. The number of rotatable bonds is 3. The van der Waals surface area contributed by atoms with Crippen LogP contribution in [0.1, 0.15) is 38.2 Å². The van der Waals surface area contributed by atoms with E-state index in [0.717, 1.165) is 5.56 Å². The van der Waals surface area contributed by atoms with Crippen LogP contribution in [0.15, 0.2) is 48.5 Å². The SMILES string of the molecule is O=C(c1ccc(F)cc1)N1CCN(C(=O)c2nnn3c2CO[C@@H](c2ccc(Cl)cc2)C3)CC1. The maximum Gasteiger partial charge on any atom is 0.276 e. The summed E-state index contributed by atoms with van der Waals surface area (Å²) in [5.74, 6) is -0.786. The molecule has 3 heterocycles. The first-order chi connectivity index (χ1) is 16.0. The van der Waals surface area contributed by atoms with Crippen molar-refractivity contribution < 1.29 is 18.7 Å². The van der Waals surface area contributed by atoms with E-state index in [9.17, 15) is 14.0 Å². The molecule has 0 radical (unpaired) electrons. The monoisotopic (exact) mass is 469 g/mol. The molecule has 5 rings (SSSR count). The van der Waals surface area contributed by atoms with E-state index in [1.165, 1.54) is 24.3 Å². The zero-order valence-corrected chi connectivity index (χ0v) is 18.4. The lowest BCUT2D eigenvalue weighted by molar-refractivity contribution is -0.00202. The van der Waals surface area contributed by atoms with Crippen molar-refractivity contribution in [2.24, 2.45) is 0 Å². The normalized spacial score (nSPS) is 18.2. The highest BCUT2D eigenvalue weighted by Gasteiger charge is 2.32. The molecule has 2 aliphatic heterocycles. The van der Waals surface area contributed by atoms with Gasteiger partial charge in [0.15, 0.2) is 5.69 Å². The number of hydrogen-bond donors (Lipinski definition) is 0. The van der Waals surface area contributed by atoms with Crippen molar-refractivity contribution >= 4 is 23.4 Å². The number of carbonyl (C=O) groups excluding carboxylic acids is 2. The first kappa shape index (κ1) is 21.5. The molecule has 1 atom stereocenters. The highest BCUT2D eigenvalue weighted by molar-refractivity contribution is 6.30. The third-order valence-corrected chi connectivity index (χ3v) is 6.24. The Labute approximate surface area is 194 Å². The number of aromatic nitrogens is 3. The molecule has 1 saturated heterocycles. The van der Waals surface area contributed by atoms with Gasteiger partial charge in [0.25, 0.3) is 11.8 Å². The molecule has 8 nitrogen and oxygen atoms in total. The number of nitrogens with zero attached hydrogens (tertiary/aromatic N) is 5. The number of halogens is 2. The first-order valence-corrected chi connectivity index (χ1v) is 11.0. The smallest absolute Gasteiger partial charge is 0.276 e. The summed E-state index contributed by atoms with van der Waals surface area (Å²) < 4.78 is 20.8. The summed E-state index contributed by atoms with van der Waals surface area (Å²) in [6.45, 7) is 2.22. The van der Waals surface area contributed by atoms with Crippen LogP contribution in [-0.4, -0.2) is 62.8 Å². The summed E-state index contributed by atoms with van der Waals surface area (Å²) >= 11 is 5.96. The number of carbonyl (C=O) groups is 2. The first-order valence-electron chi connectivity index (χ1n) is 10.6. The minimum absolute atomic E-state index is 0.176. The molecule has 0 saturated carbocycles. The average molecular weight is 470 g/mol. The second-order valence-electron chi connectivity index (χ2n) is 8.01. The van der Waals surface area contributed by atoms with E-state index in [4.69, 9.17) is 16.3 Å². The largest absolute Gasteiger partial charge is 0.365 e. The number of piperazine rings is 1. The van der Waals surface area contributed by atoms with E-state index in [0.29, 0.717) is 49.0 Å². The van der Waals surface area contributed by atoms with E-state index < -0.39 is 0 Å². The third kappa shape index (κ3) is 4.34. The molecule has 0 spiro atoms. The van der Waals surface area contributed by atoms with Gasteiger partial charge in [-0.15, -0.1) is 5.10 Å². The zero-order valence-electron chi connectivity index (χ0n) is 17.7. The maximum atomic E-state index is 13.1. The quantitative estimate of drug-likeness (QED) is 0.589. The number of amides is 2. The van der Waals surface area contributed by atoms with E-state index in [1.807, 2.05) is 24.3 Å². The van der Waals surface area contributed by atoms with Crippen molar-refractivity contribution in [1.82, 2.24) is 24.8 Å². The van der Waals surface area contributed by atoms with Crippen molar-refractivity contribution in [2.45, 2.75) is 19.3 Å². The molecular formula is C23H21ClFN5O3. The van der Waals surface area contributed by atoms with E-state index in [1.54, 1.807) is 14.5 Å². The van der Waals surface area contributed by atoms with Crippen LogP contribution in [0.25, 0.3) is 0 Å². The van der Waals surface area contributed by atoms with Crippen molar-refractivity contribution in [3.05, 3.63) is 81.9 Å². The van der Waals surface area contributed by atoms with Crippen LogP contribution < -0.4 is 0 Å². The Bertz CT molecular complexity index is 1170. The summed E-state index contributed by atoms with van der Waals surface area (Å²) in [7, 11) is 0. The number of ether oxygens (including phenoxy) is 1. The Kier molecular flexibility index (Phi) is 5.82. The van der Waals surface area contributed by atoms with Crippen LogP contribution in [0.4, 0.5) is 4.39 Å². The van der Waals surface area contributed by atoms with Gasteiger partial charge >= 0.3 is 0 Å². The molecule has 1 aromatic heterocycles. The summed E-state index contributed by atoms with van der Waals surface area (Å²) in [5.41, 5.74) is 2.34. The number of benzene rings is 2. The van der Waals surface area contributed by atoms with Gasteiger partial charge in [0.2, 0.25) is 0 Å². The predicted octanol–water partition coefficient (Wildman–Crippen LogP) is 2.94. The van der Waals surface area contributed by atoms with Gasteiger partial charge in [-0.1, -0.05) is 28.9 Å². The van der Waals surface area contributed by atoms with Crippen molar-refractivity contribution in [2.75, 3.05) is 26.2 Å². The molecule has 3 aromatic rings. The van der Waals surface area contributed by atoms with Gasteiger partial charge in [-0.3, -0.25) is 9.59 Å². The van der Waals surface area contributed by atoms with Crippen LogP contribution in [0.2, 0.25) is 5.02 Å². The van der Waals surface area contributed by atoms with Crippen LogP contribution in [-0.2, 0) is 17.9 Å². The molecule has 2 aliphatic rings. The Morgan fingerprint density at radius 3 is 2.24 bits per heavy atom. The van der Waals surface area contributed by atoms with Crippen molar-refractivity contribution in [3.63, 3.8) is 0 Å². The fourth-order valence-electron chi connectivity index (χ4n) is 4.09. The fourth-order valence-corrected chi connectivity index (χ4v) is 4.22. The molecular weight excluding hydrogens is 449 g/mol. The minimum atomic E-state index is -0.387. The van der Waals surface area contributed by atoms with Crippen LogP contribution in [0.5, 0.6) is 0 Å². The Morgan fingerprint density at radius 2 is 1.58 bits per heavy atom. The number of hydrogen-bond acceptors (Lipinski definition) is 5. The third-order valence-electron chi connectivity index (χ3n) is 5.99. The second kappa shape index (κ2) is 8.92. The molecule has 0 bridgehead atoms. The van der Waals surface area contributed by atoms with E-state index in [2.05, 4.69) is 10.3 Å². The zero-order chi connectivity index (χ0) is 22.9. The summed E-state index contributed by atoms with van der Waals surface area (Å²) in [6, 6.07) is 12.9. The minimum Gasteiger partial charge on any atom is -0.365 e. The van der Waals surface area contributed by atoms with E-state index >= 15 is 0 Å². The van der Waals surface area contributed by atoms with Crippen LogP contribution in [0.3, 0.4) is 0 Å². The second-order valence-corrected chi connectivity index (χ2v) is 8.45. The molecule has 0 aliphatic carbocycles. The average Bonchev–Trinajstić information content (AvgIpc) is 3.27. The van der Waals surface area contributed by atoms with Gasteiger partial charge in [-0.05, 0) is 42.0 Å². The van der Waals surface area contributed by atoms with Gasteiger partial charge in [-0.2, -0.15) is 0 Å². The highest BCUT2D eigenvalue weighted by Crippen LogP contribution is 2.28. The van der Waals surface area contributed by atoms with E-state index in [-0.39, 0.29) is 36.0 Å². The standard InChI is InChI=1S/C23H21ClFN5O3/c24-17-5-1-15(2-6-17)20-13-30-19(14-33-20)21(26-27-30)23(32)29-11-9-28(10-12-29)22(31)16-3-7-18(25)8-4-16/h1-8,20H,9-14H2/t20-/m1/s1. The predicted molar refractivity (Wildman–Crippen MR) is 117 cm³/mol. The molecule has 0 unspecified atom stereocenters. The lowest BCUT2D eigenvalue weighted by atomic mass is 10.1. The molecule has 1 fully saturated rings. The van der Waals surface area contributed by atoms with Gasteiger partial charge in [0.1, 0.15) is 11.9 Å². The van der Waals surface area contributed by atoms with Gasteiger partial charge in [0.05, 0.1) is 18.8 Å². The van der Waals surface area contributed by atoms with Crippen molar-refractivity contribution in [3.8, 4) is 0 Å². The molecule has 2 amide bonds. The fraction of sp³-hybridized carbons (Fsp3) is 0.304. The Hall–Kier alpha value is -3.30. The topological polar surface area (TPSA) is 80.6 Å². The summed E-state index contributed by atoms with van der Waals surface area (Å²) in [6.07, 6.45) is -0.194. The number of fused-ring (bicyclic) bond motifs is 1. The highest BCUT2D eigenvalue weighted by atomic mass is 35.5. The molecule has 10 heteroatoms. The lowest BCUT2D eigenvalue weighted by Gasteiger charge is -2.34. The Morgan fingerprint density at radius 1 is 0.939 bits per heavy atom. The molecule has 33 heavy (non-hydrogen) atoms. The molecule has 170 valence electrons. The van der Waals surface area contributed by atoms with Gasteiger partial charge in [-0.25, -0.2) is 9.07 Å². The molecule has 2 aromatic carbocycles. The van der Waals surface area contributed by atoms with Crippen molar-refractivity contribution in [1.29, 1.82) is 0 Å². The lowest BCUT2D eigenvalue weighted by Crippen LogP contribution is -2.50. The van der Waals surface area contributed by atoms with Gasteiger partial charge < -0.3 is 14.5 Å². The Balaban J connectivity index is 1.22. The van der Waals surface area contributed by atoms with Crippen LogP contribution >= 0.6 is 11.6 Å². The van der Waals surface area contributed by atoms with Gasteiger partial charge in [0, 0.05) is 36.8 Å².